The number of rotatable bonds is 5. The molecule has 0 aliphatic heterocycles. The predicted octanol–water partition coefficient (Wildman–Crippen LogP) is 1.14. The Kier molecular flexibility index (Phi) is 4.69. The van der Waals surface area contributed by atoms with Crippen LogP contribution in [0.1, 0.15) is 23.7 Å². The van der Waals surface area contributed by atoms with Crippen molar-refractivity contribution in [1.82, 2.24) is 4.72 Å². The van der Waals surface area contributed by atoms with E-state index in [0.717, 1.165) is 17.4 Å². The van der Waals surface area contributed by atoms with Crippen LogP contribution in [0.4, 0.5) is 0 Å². The number of nitrogens with one attached hydrogen (secondary N) is 1. The Hall–Kier alpha value is -1.36. The monoisotopic (exact) mass is 273 g/mol. The average molecular weight is 273 g/mol. The van der Waals surface area contributed by atoms with Crippen molar-refractivity contribution in [1.29, 1.82) is 0 Å². The van der Waals surface area contributed by atoms with Crippen LogP contribution in [0, 0.1) is 11.8 Å². The molecule has 7 heteroatoms. The molecule has 17 heavy (non-hydrogen) atoms. The molecule has 0 atom stereocenters. The van der Waals surface area contributed by atoms with Gasteiger partial charge in [-0.3, -0.25) is 0 Å². The molecule has 1 aromatic heterocycles. The van der Waals surface area contributed by atoms with Crippen molar-refractivity contribution in [3.8, 4) is 11.8 Å². The van der Waals surface area contributed by atoms with Gasteiger partial charge in [-0.2, -0.15) is 0 Å². The molecule has 0 unspecified atom stereocenters. The van der Waals surface area contributed by atoms with Gasteiger partial charge >= 0.3 is 5.97 Å². The average Bonchev–Trinajstić information content (AvgIpc) is 2.74. The molecule has 2 N–H and O–H groups in total. The molecule has 0 radical (unpaired) electrons. The Labute approximate surface area is 104 Å². The van der Waals surface area contributed by atoms with Crippen molar-refractivity contribution in [3.63, 3.8) is 0 Å². The van der Waals surface area contributed by atoms with Crippen LogP contribution in [0.3, 0.4) is 0 Å². The van der Waals surface area contributed by atoms with Crippen LogP contribution in [0.15, 0.2) is 15.7 Å². The van der Waals surface area contributed by atoms with E-state index in [0.29, 0.717) is 6.42 Å². The van der Waals surface area contributed by atoms with Crippen LogP contribution in [-0.2, 0) is 10.0 Å². The lowest BCUT2D eigenvalue weighted by molar-refractivity contribution is 0.0697. The number of thiophene rings is 1. The summed E-state index contributed by atoms with van der Waals surface area (Å²) < 4.78 is 25.7. The van der Waals surface area contributed by atoms with Gasteiger partial charge < -0.3 is 5.11 Å². The predicted molar refractivity (Wildman–Crippen MR) is 64.5 cm³/mol. The van der Waals surface area contributed by atoms with Crippen LogP contribution < -0.4 is 4.72 Å². The van der Waals surface area contributed by atoms with Crippen molar-refractivity contribution >= 4 is 27.3 Å². The second-order valence-corrected chi connectivity index (χ2v) is 5.94. The number of carboxylic acids is 1. The van der Waals surface area contributed by atoms with Crippen LogP contribution >= 0.6 is 11.3 Å². The van der Waals surface area contributed by atoms with E-state index < -0.39 is 16.0 Å². The van der Waals surface area contributed by atoms with Gasteiger partial charge in [-0.25, -0.2) is 17.9 Å². The molecule has 92 valence electrons. The molecule has 0 aliphatic rings. The molecule has 1 aromatic rings. The van der Waals surface area contributed by atoms with Crippen molar-refractivity contribution in [3.05, 3.63) is 17.0 Å². The fourth-order valence-electron chi connectivity index (χ4n) is 1.01. The zero-order chi connectivity index (χ0) is 12.9. The lowest BCUT2D eigenvalue weighted by atomic mass is 10.4. The summed E-state index contributed by atoms with van der Waals surface area (Å²) in [6.45, 7) is 1.89. The number of carbonyl (C=O) groups is 1. The van der Waals surface area contributed by atoms with Crippen LogP contribution in [0.2, 0.25) is 0 Å². The highest BCUT2D eigenvalue weighted by Gasteiger charge is 2.17. The first kappa shape index (κ1) is 13.7. The summed E-state index contributed by atoms with van der Waals surface area (Å²) in [4.78, 5) is 10.6. The lowest BCUT2D eigenvalue weighted by Crippen LogP contribution is -2.23. The molecule has 0 spiro atoms. The number of hydrogen-bond acceptors (Lipinski definition) is 4. The van der Waals surface area contributed by atoms with E-state index in [1.54, 1.807) is 6.92 Å². The SMILES string of the molecule is CC#CCCNS(=O)(=O)c1cc(C(=O)O)cs1. The third-order valence-electron chi connectivity index (χ3n) is 1.81. The molecule has 0 aromatic carbocycles. The normalized spacial score (nSPS) is 10.6. The van der Waals surface area contributed by atoms with Crippen LogP contribution in [0.25, 0.3) is 0 Å². The van der Waals surface area contributed by atoms with E-state index in [4.69, 9.17) is 5.11 Å². The fraction of sp³-hybridized carbons (Fsp3) is 0.300. The van der Waals surface area contributed by atoms with E-state index >= 15 is 0 Å². The number of aromatic carboxylic acids is 1. The van der Waals surface area contributed by atoms with Gasteiger partial charge in [0, 0.05) is 18.3 Å². The first-order valence-corrected chi connectivity index (χ1v) is 7.05. The largest absolute Gasteiger partial charge is 0.478 e. The second kappa shape index (κ2) is 5.82. The molecule has 0 saturated carbocycles. The quantitative estimate of drug-likeness (QED) is 0.622. The van der Waals surface area contributed by atoms with Gasteiger partial charge in [-0.1, -0.05) is 0 Å². The molecule has 0 aliphatic carbocycles. The van der Waals surface area contributed by atoms with Gasteiger partial charge in [0.15, 0.2) is 0 Å². The standard InChI is InChI=1S/C10H11NO4S2/c1-2-3-4-5-11-17(14,15)9-6-8(7-16-9)10(12)13/h6-7,11H,4-5H2,1H3,(H,12,13). The maximum absolute atomic E-state index is 11.7. The van der Waals surface area contributed by atoms with E-state index in [9.17, 15) is 13.2 Å². The number of hydrogen-bond donors (Lipinski definition) is 2. The molecule has 1 heterocycles. The highest BCUT2D eigenvalue weighted by molar-refractivity contribution is 7.91. The zero-order valence-corrected chi connectivity index (χ0v) is 10.7. The summed E-state index contributed by atoms with van der Waals surface area (Å²) in [5, 5.41) is 9.98. The minimum absolute atomic E-state index is 0.000595. The Morgan fingerprint density at radius 2 is 2.29 bits per heavy atom. The topological polar surface area (TPSA) is 83.5 Å². The zero-order valence-electron chi connectivity index (χ0n) is 9.06. The summed E-state index contributed by atoms with van der Waals surface area (Å²) in [5.74, 6) is 4.24. The minimum Gasteiger partial charge on any atom is -0.478 e. The molecule has 0 fully saturated rings. The Balaban J connectivity index is 2.74. The third kappa shape index (κ3) is 3.85. The molecular formula is C10H11NO4S2. The summed E-state index contributed by atoms with van der Waals surface area (Å²) >= 11 is 0.881. The van der Waals surface area contributed by atoms with Crippen molar-refractivity contribution in [2.75, 3.05) is 6.54 Å². The van der Waals surface area contributed by atoms with Crippen molar-refractivity contribution in [2.24, 2.45) is 0 Å². The molecule has 0 bridgehead atoms. The maximum atomic E-state index is 11.7. The van der Waals surface area contributed by atoms with E-state index in [2.05, 4.69) is 16.6 Å². The van der Waals surface area contributed by atoms with Crippen LogP contribution in [-0.4, -0.2) is 26.0 Å². The fourth-order valence-corrected chi connectivity index (χ4v) is 3.24. The van der Waals surface area contributed by atoms with E-state index in [1.165, 1.54) is 5.38 Å². The minimum atomic E-state index is -3.62. The third-order valence-corrected chi connectivity index (χ3v) is 4.71. The van der Waals surface area contributed by atoms with Gasteiger partial charge in [0.2, 0.25) is 10.0 Å². The van der Waals surface area contributed by atoms with Crippen molar-refractivity contribution in [2.45, 2.75) is 17.6 Å². The van der Waals surface area contributed by atoms with Gasteiger partial charge in [0.1, 0.15) is 4.21 Å². The molecular weight excluding hydrogens is 262 g/mol. The van der Waals surface area contributed by atoms with Gasteiger partial charge in [-0.05, 0) is 13.0 Å². The summed E-state index contributed by atoms with van der Waals surface area (Å²) in [7, 11) is -3.62. The van der Waals surface area contributed by atoms with Crippen molar-refractivity contribution < 1.29 is 18.3 Å². The first-order chi connectivity index (χ1) is 7.97. The highest BCUT2D eigenvalue weighted by Crippen LogP contribution is 2.19. The Bertz CT molecular complexity index is 563. The maximum Gasteiger partial charge on any atom is 0.336 e. The molecule has 0 saturated heterocycles. The van der Waals surface area contributed by atoms with Gasteiger partial charge in [0.25, 0.3) is 0 Å². The smallest absolute Gasteiger partial charge is 0.336 e. The highest BCUT2D eigenvalue weighted by atomic mass is 32.2. The molecule has 1 rings (SSSR count). The Morgan fingerprint density at radius 1 is 1.59 bits per heavy atom. The summed E-state index contributed by atoms with van der Waals surface area (Å²) in [6.07, 6.45) is 0.424. The Morgan fingerprint density at radius 3 is 2.82 bits per heavy atom. The summed E-state index contributed by atoms with van der Waals surface area (Å²) in [6, 6.07) is 1.14. The number of carboxylic acid groups (broad SMARTS) is 1. The molecule has 0 amide bonds. The number of sulfonamides is 1. The van der Waals surface area contributed by atoms with Gasteiger partial charge in [-0.15, -0.1) is 23.2 Å². The first-order valence-electron chi connectivity index (χ1n) is 4.68. The lowest BCUT2D eigenvalue weighted by Gasteiger charge is -2.01. The van der Waals surface area contributed by atoms with Crippen LogP contribution in [0.5, 0.6) is 0 Å². The second-order valence-electron chi connectivity index (χ2n) is 3.03. The van der Waals surface area contributed by atoms with E-state index in [1.807, 2.05) is 0 Å². The van der Waals surface area contributed by atoms with Gasteiger partial charge in [0.05, 0.1) is 5.56 Å². The molecule has 5 nitrogen and oxygen atoms in total. The van der Waals surface area contributed by atoms with E-state index in [-0.39, 0.29) is 16.3 Å². The summed E-state index contributed by atoms with van der Waals surface area (Å²) in [5.41, 5.74) is -0.0243.